The zero-order valence-corrected chi connectivity index (χ0v) is 10.6. The molecule has 0 aliphatic carbocycles. The van der Waals surface area contributed by atoms with Crippen molar-refractivity contribution in [3.63, 3.8) is 0 Å². The smallest absolute Gasteiger partial charge is 0.235 e. The van der Waals surface area contributed by atoms with Crippen LogP contribution in [0.4, 0.5) is 0 Å². The van der Waals surface area contributed by atoms with E-state index < -0.39 is 0 Å². The standard InChI is InChI=1S/C13H17NO3/c1-9(2)13(14-8-15)11-6-5-10(16-3)7-12(11)17-4/h5-7,9,13H,1-4H3. The molecule has 1 rings (SSSR count). The number of ether oxygens (including phenoxy) is 2. The third kappa shape index (κ3) is 3.08. The van der Waals surface area contributed by atoms with Crippen LogP contribution in [0.5, 0.6) is 11.5 Å². The van der Waals surface area contributed by atoms with Crippen molar-refractivity contribution in [1.29, 1.82) is 0 Å². The summed E-state index contributed by atoms with van der Waals surface area (Å²) in [6, 6.07) is 5.23. The lowest BCUT2D eigenvalue weighted by molar-refractivity contribution is 0.382. The molecule has 0 heterocycles. The van der Waals surface area contributed by atoms with Gasteiger partial charge in [0.2, 0.25) is 6.08 Å². The number of isocyanates is 1. The van der Waals surface area contributed by atoms with Crippen molar-refractivity contribution in [2.45, 2.75) is 19.9 Å². The molecule has 0 aliphatic heterocycles. The molecule has 1 unspecified atom stereocenters. The largest absolute Gasteiger partial charge is 0.497 e. The molecule has 0 aliphatic rings. The Balaban J connectivity index is 3.22. The van der Waals surface area contributed by atoms with Crippen LogP contribution in [0.15, 0.2) is 23.2 Å². The van der Waals surface area contributed by atoms with E-state index in [2.05, 4.69) is 4.99 Å². The van der Waals surface area contributed by atoms with E-state index in [0.29, 0.717) is 11.5 Å². The minimum absolute atomic E-state index is 0.193. The van der Waals surface area contributed by atoms with Crippen molar-refractivity contribution in [3.05, 3.63) is 23.8 Å². The van der Waals surface area contributed by atoms with E-state index in [1.807, 2.05) is 26.0 Å². The lowest BCUT2D eigenvalue weighted by Crippen LogP contribution is -2.06. The van der Waals surface area contributed by atoms with Gasteiger partial charge in [-0.05, 0) is 18.1 Å². The predicted molar refractivity (Wildman–Crippen MR) is 65.2 cm³/mol. The second-order valence-corrected chi connectivity index (χ2v) is 4.02. The van der Waals surface area contributed by atoms with Gasteiger partial charge in [0.15, 0.2) is 0 Å². The summed E-state index contributed by atoms with van der Waals surface area (Å²) in [6.07, 6.45) is 1.62. The molecule has 92 valence electrons. The fourth-order valence-corrected chi connectivity index (χ4v) is 1.70. The first-order valence-electron chi connectivity index (χ1n) is 5.43. The van der Waals surface area contributed by atoms with Crippen molar-refractivity contribution in [2.75, 3.05) is 14.2 Å². The highest BCUT2D eigenvalue weighted by Crippen LogP contribution is 2.35. The van der Waals surface area contributed by atoms with Gasteiger partial charge in [-0.25, -0.2) is 4.79 Å². The molecule has 0 fully saturated rings. The number of hydrogen-bond donors (Lipinski definition) is 0. The van der Waals surface area contributed by atoms with E-state index in [-0.39, 0.29) is 12.0 Å². The van der Waals surface area contributed by atoms with Crippen LogP contribution in [-0.4, -0.2) is 20.3 Å². The number of nitrogens with zero attached hydrogens (tertiary/aromatic N) is 1. The molecular weight excluding hydrogens is 218 g/mol. The minimum Gasteiger partial charge on any atom is -0.497 e. The summed E-state index contributed by atoms with van der Waals surface area (Å²) in [5.41, 5.74) is 0.867. The summed E-state index contributed by atoms with van der Waals surface area (Å²) in [7, 11) is 3.18. The van der Waals surface area contributed by atoms with Gasteiger partial charge < -0.3 is 9.47 Å². The Hall–Kier alpha value is -1.80. The van der Waals surface area contributed by atoms with E-state index in [0.717, 1.165) is 5.56 Å². The zero-order valence-electron chi connectivity index (χ0n) is 10.6. The van der Waals surface area contributed by atoms with Crippen molar-refractivity contribution in [3.8, 4) is 11.5 Å². The second-order valence-electron chi connectivity index (χ2n) is 4.02. The normalized spacial score (nSPS) is 11.8. The molecular formula is C13H17NO3. The Bertz CT molecular complexity index is 423. The Morgan fingerprint density at radius 1 is 1.24 bits per heavy atom. The molecule has 4 heteroatoms. The average molecular weight is 235 g/mol. The summed E-state index contributed by atoms with van der Waals surface area (Å²) in [6.45, 7) is 3.99. The molecule has 0 aromatic heterocycles. The van der Waals surface area contributed by atoms with Gasteiger partial charge in [0.05, 0.1) is 20.3 Å². The van der Waals surface area contributed by atoms with Crippen LogP contribution in [0.2, 0.25) is 0 Å². The molecule has 1 aromatic rings. The maximum Gasteiger partial charge on any atom is 0.235 e. The number of benzene rings is 1. The maximum atomic E-state index is 10.5. The molecule has 0 N–H and O–H groups in total. The lowest BCUT2D eigenvalue weighted by Gasteiger charge is -2.18. The predicted octanol–water partition coefficient (Wildman–Crippen LogP) is 2.74. The van der Waals surface area contributed by atoms with Gasteiger partial charge in [-0.2, -0.15) is 4.99 Å². The molecule has 1 aromatic carbocycles. The van der Waals surface area contributed by atoms with Crippen LogP contribution < -0.4 is 9.47 Å². The summed E-state index contributed by atoms with van der Waals surface area (Å²) in [5.74, 6) is 1.57. The summed E-state index contributed by atoms with van der Waals surface area (Å²) < 4.78 is 10.4. The fraction of sp³-hybridized carbons (Fsp3) is 0.462. The number of rotatable bonds is 5. The highest BCUT2D eigenvalue weighted by Gasteiger charge is 2.19. The van der Waals surface area contributed by atoms with Crippen molar-refractivity contribution < 1.29 is 14.3 Å². The Morgan fingerprint density at radius 3 is 2.41 bits per heavy atom. The molecule has 0 amide bonds. The molecule has 0 radical (unpaired) electrons. The van der Waals surface area contributed by atoms with Crippen LogP contribution in [-0.2, 0) is 4.79 Å². The highest BCUT2D eigenvalue weighted by molar-refractivity contribution is 5.44. The quantitative estimate of drug-likeness (QED) is 0.582. The van der Waals surface area contributed by atoms with Gasteiger partial charge in [-0.15, -0.1) is 0 Å². The summed E-state index contributed by atoms with van der Waals surface area (Å²) >= 11 is 0. The van der Waals surface area contributed by atoms with E-state index in [1.165, 1.54) is 0 Å². The fourth-order valence-electron chi connectivity index (χ4n) is 1.70. The summed E-state index contributed by atoms with van der Waals surface area (Å²) in [4.78, 5) is 14.3. The number of aliphatic imine (C=N–C) groups is 1. The van der Waals surface area contributed by atoms with E-state index in [1.54, 1.807) is 26.4 Å². The number of methoxy groups -OCH3 is 2. The van der Waals surface area contributed by atoms with Crippen molar-refractivity contribution >= 4 is 6.08 Å². The van der Waals surface area contributed by atoms with Gasteiger partial charge in [-0.3, -0.25) is 0 Å². The van der Waals surface area contributed by atoms with Gasteiger partial charge in [0.1, 0.15) is 11.5 Å². The van der Waals surface area contributed by atoms with E-state index >= 15 is 0 Å². The van der Waals surface area contributed by atoms with Gasteiger partial charge >= 0.3 is 0 Å². The molecule has 1 atom stereocenters. The molecule has 0 saturated carbocycles. The van der Waals surface area contributed by atoms with Crippen LogP contribution in [0.1, 0.15) is 25.5 Å². The lowest BCUT2D eigenvalue weighted by atomic mass is 9.96. The highest BCUT2D eigenvalue weighted by atomic mass is 16.5. The Morgan fingerprint density at radius 2 is 1.94 bits per heavy atom. The molecule has 4 nitrogen and oxygen atoms in total. The molecule has 17 heavy (non-hydrogen) atoms. The van der Waals surface area contributed by atoms with Crippen LogP contribution >= 0.6 is 0 Å². The third-order valence-electron chi connectivity index (χ3n) is 2.58. The van der Waals surface area contributed by atoms with Crippen LogP contribution in [0.25, 0.3) is 0 Å². The van der Waals surface area contributed by atoms with Crippen molar-refractivity contribution in [1.82, 2.24) is 0 Å². The molecule has 0 bridgehead atoms. The van der Waals surface area contributed by atoms with Gasteiger partial charge in [0, 0.05) is 11.6 Å². The Kier molecular flexibility index (Phi) is 4.73. The van der Waals surface area contributed by atoms with Gasteiger partial charge in [-0.1, -0.05) is 13.8 Å². The van der Waals surface area contributed by atoms with Crippen LogP contribution in [0, 0.1) is 5.92 Å². The number of carbonyl (C=O) groups excluding carboxylic acids is 1. The SMILES string of the molecule is COc1ccc(C(N=C=O)C(C)C)c(OC)c1. The average Bonchev–Trinajstić information content (AvgIpc) is 2.35. The van der Waals surface area contributed by atoms with Crippen LogP contribution in [0.3, 0.4) is 0 Å². The van der Waals surface area contributed by atoms with Gasteiger partial charge in [0.25, 0.3) is 0 Å². The molecule has 0 saturated heterocycles. The number of hydrogen-bond acceptors (Lipinski definition) is 4. The molecule has 0 spiro atoms. The minimum atomic E-state index is -0.242. The van der Waals surface area contributed by atoms with E-state index in [4.69, 9.17) is 9.47 Å². The first-order chi connectivity index (χ1) is 8.13. The topological polar surface area (TPSA) is 47.9 Å². The second kappa shape index (κ2) is 6.06. The first kappa shape index (κ1) is 13.3. The third-order valence-corrected chi connectivity index (χ3v) is 2.58. The maximum absolute atomic E-state index is 10.5. The zero-order chi connectivity index (χ0) is 12.8. The first-order valence-corrected chi connectivity index (χ1v) is 5.43. The van der Waals surface area contributed by atoms with E-state index in [9.17, 15) is 4.79 Å². The van der Waals surface area contributed by atoms with Crippen molar-refractivity contribution in [2.24, 2.45) is 10.9 Å². The Labute approximate surface area is 101 Å². The monoisotopic (exact) mass is 235 g/mol. The summed E-state index contributed by atoms with van der Waals surface area (Å²) in [5, 5.41) is 0.